The van der Waals surface area contributed by atoms with E-state index in [4.69, 9.17) is 15.2 Å². The Bertz CT molecular complexity index is 445. The summed E-state index contributed by atoms with van der Waals surface area (Å²) in [4.78, 5) is 2.29. The van der Waals surface area contributed by atoms with Gasteiger partial charge in [-0.2, -0.15) is 0 Å². The number of halogens is 2. The van der Waals surface area contributed by atoms with Crippen LogP contribution < -0.4 is 10.5 Å². The Morgan fingerprint density at radius 1 is 1.58 bits per heavy atom. The summed E-state index contributed by atoms with van der Waals surface area (Å²) in [5.74, 6) is -0.0260. The third-order valence-corrected chi connectivity index (χ3v) is 3.76. The second-order valence-electron chi connectivity index (χ2n) is 4.50. The molecule has 1 fully saturated rings. The highest BCUT2D eigenvalue weighted by Crippen LogP contribution is 2.28. The van der Waals surface area contributed by atoms with E-state index < -0.39 is 0 Å². The summed E-state index contributed by atoms with van der Waals surface area (Å²) in [6.45, 7) is 5.96. The number of nitrogens with zero attached hydrogens (tertiary/aromatic N) is 1. The molecule has 0 amide bonds. The highest BCUT2D eigenvalue weighted by atomic mass is 79.9. The molecule has 1 aliphatic rings. The monoisotopic (exact) mass is 332 g/mol. The van der Waals surface area contributed by atoms with E-state index in [2.05, 4.69) is 27.8 Å². The molecule has 1 saturated heterocycles. The van der Waals surface area contributed by atoms with E-state index in [0.29, 0.717) is 29.1 Å². The molecule has 0 radical (unpaired) electrons. The van der Waals surface area contributed by atoms with Gasteiger partial charge in [0.2, 0.25) is 0 Å². The fourth-order valence-corrected chi connectivity index (χ4v) is 2.38. The standard InChI is InChI=1S/C13H18BrFN2O2/c1-2-17-3-4-18-9(7-17)8-19-13-6-11(15)10(14)5-12(13)16/h5-6,9H,2-4,7-8,16H2,1H3. The van der Waals surface area contributed by atoms with E-state index >= 15 is 0 Å². The Balaban J connectivity index is 1.93. The molecule has 1 aromatic rings. The lowest BCUT2D eigenvalue weighted by atomic mass is 10.2. The zero-order valence-corrected chi connectivity index (χ0v) is 12.5. The van der Waals surface area contributed by atoms with E-state index in [1.165, 1.54) is 12.1 Å². The molecule has 1 aromatic carbocycles. The second-order valence-corrected chi connectivity index (χ2v) is 5.36. The first kappa shape index (κ1) is 14.6. The SMILES string of the molecule is CCN1CCOC(COc2cc(F)c(Br)cc2N)C1. The first-order valence-electron chi connectivity index (χ1n) is 6.31. The van der Waals surface area contributed by atoms with Gasteiger partial charge in [0.15, 0.2) is 0 Å². The number of nitrogens with two attached hydrogens (primary N) is 1. The minimum absolute atomic E-state index is 0.000178. The number of benzene rings is 1. The van der Waals surface area contributed by atoms with Crippen LogP contribution in [0.1, 0.15) is 6.92 Å². The van der Waals surface area contributed by atoms with Crippen molar-refractivity contribution in [1.29, 1.82) is 0 Å². The summed E-state index contributed by atoms with van der Waals surface area (Å²) in [6, 6.07) is 2.80. The van der Waals surface area contributed by atoms with Gasteiger partial charge in [-0.25, -0.2) is 4.39 Å². The minimum atomic E-state index is -0.385. The molecule has 0 spiro atoms. The highest BCUT2D eigenvalue weighted by molar-refractivity contribution is 9.10. The van der Waals surface area contributed by atoms with E-state index in [-0.39, 0.29) is 11.9 Å². The molecule has 4 nitrogen and oxygen atoms in total. The van der Waals surface area contributed by atoms with Crippen LogP contribution in [0, 0.1) is 5.82 Å². The fourth-order valence-electron chi connectivity index (χ4n) is 2.02. The van der Waals surface area contributed by atoms with E-state index in [0.717, 1.165) is 19.6 Å². The second kappa shape index (κ2) is 6.54. The van der Waals surface area contributed by atoms with Crippen molar-refractivity contribution in [2.24, 2.45) is 0 Å². The Morgan fingerprint density at radius 3 is 3.11 bits per heavy atom. The van der Waals surface area contributed by atoms with Crippen molar-refractivity contribution < 1.29 is 13.9 Å². The van der Waals surface area contributed by atoms with Gasteiger partial charge in [-0.3, -0.25) is 4.90 Å². The van der Waals surface area contributed by atoms with Gasteiger partial charge in [-0.05, 0) is 28.5 Å². The summed E-state index contributed by atoms with van der Waals surface area (Å²) in [5, 5.41) is 0. The first-order chi connectivity index (χ1) is 9.10. The van der Waals surface area contributed by atoms with Crippen molar-refractivity contribution in [3.8, 4) is 5.75 Å². The van der Waals surface area contributed by atoms with Gasteiger partial charge in [0.25, 0.3) is 0 Å². The van der Waals surface area contributed by atoms with Crippen LogP contribution in [0.25, 0.3) is 0 Å². The summed E-state index contributed by atoms with van der Waals surface area (Å²) >= 11 is 3.08. The van der Waals surface area contributed by atoms with Crippen LogP contribution >= 0.6 is 15.9 Å². The lowest BCUT2D eigenvalue weighted by Gasteiger charge is -2.31. The number of morpholine rings is 1. The van der Waals surface area contributed by atoms with Crippen molar-refractivity contribution in [2.75, 3.05) is 38.6 Å². The molecular formula is C13H18BrFN2O2. The third-order valence-electron chi connectivity index (χ3n) is 3.15. The zero-order valence-electron chi connectivity index (χ0n) is 10.9. The predicted molar refractivity (Wildman–Crippen MR) is 75.9 cm³/mol. The molecular weight excluding hydrogens is 315 g/mol. The molecule has 1 atom stereocenters. The Labute approximate surface area is 120 Å². The van der Waals surface area contributed by atoms with Crippen LogP contribution in [0.5, 0.6) is 5.75 Å². The summed E-state index contributed by atoms with van der Waals surface area (Å²) in [6.07, 6.45) is -0.000178. The van der Waals surface area contributed by atoms with Gasteiger partial charge in [-0.15, -0.1) is 0 Å². The van der Waals surface area contributed by atoms with Crippen molar-refractivity contribution in [2.45, 2.75) is 13.0 Å². The molecule has 1 unspecified atom stereocenters. The van der Waals surface area contributed by atoms with Crippen LogP contribution in [0.15, 0.2) is 16.6 Å². The molecule has 19 heavy (non-hydrogen) atoms. The van der Waals surface area contributed by atoms with E-state index in [1.54, 1.807) is 0 Å². The van der Waals surface area contributed by atoms with Gasteiger partial charge in [0.1, 0.15) is 24.3 Å². The molecule has 1 heterocycles. The molecule has 1 aliphatic heterocycles. The van der Waals surface area contributed by atoms with Gasteiger partial charge < -0.3 is 15.2 Å². The smallest absolute Gasteiger partial charge is 0.145 e. The average Bonchev–Trinajstić information content (AvgIpc) is 2.41. The number of hydrogen-bond acceptors (Lipinski definition) is 4. The van der Waals surface area contributed by atoms with Crippen molar-refractivity contribution in [3.63, 3.8) is 0 Å². The maximum Gasteiger partial charge on any atom is 0.145 e. The Kier molecular flexibility index (Phi) is 5.01. The predicted octanol–water partition coefficient (Wildman–Crippen LogP) is 2.27. The molecule has 0 aromatic heterocycles. The Hall–Kier alpha value is -0.850. The first-order valence-corrected chi connectivity index (χ1v) is 7.10. The van der Waals surface area contributed by atoms with Crippen LogP contribution in [-0.4, -0.2) is 43.9 Å². The zero-order chi connectivity index (χ0) is 13.8. The maximum absolute atomic E-state index is 13.4. The number of ether oxygens (including phenoxy) is 2. The molecule has 0 bridgehead atoms. The third kappa shape index (κ3) is 3.81. The van der Waals surface area contributed by atoms with Crippen molar-refractivity contribution in [3.05, 3.63) is 22.4 Å². The lowest BCUT2D eigenvalue weighted by Crippen LogP contribution is -2.44. The van der Waals surface area contributed by atoms with E-state index in [9.17, 15) is 4.39 Å². The number of anilines is 1. The normalized spacial score (nSPS) is 20.5. The molecule has 106 valence electrons. The van der Waals surface area contributed by atoms with Gasteiger partial charge >= 0.3 is 0 Å². The van der Waals surface area contributed by atoms with Gasteiger partial charge in [-0.1, -0.05) is 6.92 Å². The fraction of sp³-hybridized carbons (Fsp3) is 0.538. The number of nitrogen functional groups attached to an aromatic ring is 1. The molecule has 2 rings (SSSR count). The number of likely N-dealkylation sites (N-methyl/N-ethyl adjacent to an activating group) is 1. The van der Waals surface area contributed by atoms with Crippen LogP contribution in [0.3, 0.4) is 0 Å². The number of rotatable bonds is 4. The highest BCUT2D eigenvalue weighted by Gasteiger charge is 2.20. The topological polar surface area (TPSA) is 47.7 Å². The van der Waals surface area contributed by atoms with Crippen LogP contribution in [0.2, 0.25) is 0 Å². The van der Waals surface area contributed by atoms with Crippen LogP contribution in [0.4, 0.5) is 10.1 Å². The summed E-state index contributed by atoms with van der Waals surface area (Å²) in [7, 11) is 0. The van der Waals surface area contributed by atoms with Crippen LogP contribution in [-0.2, 0) is 4.74 Å². The average molecular weight is 333 g/mol. The maximum atomic E-state index is 13.4. The number of hydrogen-bond donors (Lipinski definition) is 1. The largest absolute Gasteiger partial charge is 0.489 e. The lowest BCUT2D eigenvalue weighted by molar-refractivity contribution is -0.0463. The minimum Gasteiger partial charge on any atom is -0.489 e. The van der Waals surface area contributed by atoms with Crippen molar-refractivity contribution in [1.82, 2.24) is 4.90 Å². The molecule has 0 saturated carbocycles. The molecule has 2 N–H and O–H groups in total. The molecule has 0 aliphatic carbocycles. The summed E-state index contributed by atoms with van der Waals surface area (Å²) in [5.41, 5.74) is 6.20. The summed E-state index contributed by atoms with van der Waals surface area (Å²) < 4.78 is 24.9. The van der Waals surface area contributed by atoms with Gasteiger partial charge in [0, 0.05) is 19.2 Å². The molecule has 6 heteroatoms. The Morgan fingerprint density at radius 2 is 2.37 bits per heavy atom. The van der Waals surface area contributed by atoms with E-state index in [1.807, 2.05) is 0 Å². The quantitative estimate of drug-likeness (QED) is 0.859. The van der Waals surface area contributed by atoms with Crippen molar-refractivity contribution >= 4 is 21.6 Å². The van der Waals surface area contributed by atoms with Gasteiger partial charge in [0.05, 0.1) is 16.8 Å².